The molecule has 12 heavy (non-hydrogen) atoms. The standard InChI is InChI=1S/C8H14N2O2/c1-5(2)4-7(11)10-6(3)8(9)12/h4,6H,1-3H3,(H2,9,12)(H,10,11). The van der Waals surface area contributed by atoms with E-state index in [0.717, 1.165) is 5.57 Å². The molecule has 0 aliphatic rings. The second kappa shape index (κ2) is 4.54. The molecular formula is C8H14N2O2. The van der Waals surface area contributed by atoms with E-state index in [0.29, 0.717) is 0 Å². The van der Waals surface area contributed by atoms with Crippen LogP contribution >= 0.6 is 0 Å². The molecule has 0 aliphatic heterocycles. The van der Waals surface area contributed by atoms with Gasteiger partial charge in [-0.25, -0.2) is 0 Å². The van der Waals surface area contributed by atoms with Crippen molar-refractivity contribution in [2.45, 2.75) is 26.8 Å². The Morgan fingerprint density at radius 2 is 1.92 bits per heavy atom. The van der Waals surface area contributed by atoms with Crippen molar-refractivity contribution in [3.63, 3.8) is 0 Å². The van der Waals surface area contributed by atoms with Crippen LogP contribution in [0.25, 0.3) is 0 Å². The molecule has 0 aromatic rings. The summed E-state index contributed by atoms with van der Waals surface area (Å²) in [7, 11) is 0. The molecule has 0 spiro atoms. The van der Waals surface area contributed by atoms with Crippen LogP contribution in [0.3, 0.4) is 0 Å². The lowest BCUT2D eigenvalue weighted by Crippen LogP contribution is -2.41. The third-order valence-electron chi connectivity index (χ3n) is 1.21. The van der Waals surface area contributed by atoms with E-state index < -0.39 is 11.9 Å². The fourth-order valence-electron chi connectivity index (χ4n) is 0.588. The van der Waals surface area contributed by atoms with E-state index >= 15 is 0 Å². The van der Waals surface area contributed by atoms with Crippen molar-refractivity contribution >= 4 is 11.8 Å². The normalized spacial score (nSPS) is 11.6. The minimum absolute atomic E-state index is 0.290. The first-order valence-electron chi connectivity index (χ1n) is 3.68. The number of nitrogens with two attached hydrogens (primary N) is 1. The molecule has 4 nitrogen and oxygen atoms in total. The lowest BCUT2D eigenvalue weighted by Gasteiger charge is -2.07. The van der Waals surface area contributed by atoms with Crippen LogP contribution in [0.5, 0.6) is 0 Å². The molecular weight excluding hydrogens is 156 g/mol. The Kier molecular flexibility index (Phi) is 4.04. The van der Waals surface area contributed by atoms with Crippen LogP contribution in [0, 0.1) is 0 Å². The SMILES string of the molecule is CC(C)=CC(=O)NC(C)C(N)=O. The third kappa shape index (κ3) is 4.49. The van der Waals surface area contributed by atoms with Gasteiger partial charge in [0.2, 0.25) is 11.8 Å². The first kappa shape index (κ1) is 10.7. The van der Waals surface area contributed by atoms with Gasteiger partial charge in [0.25, 0.3) is 0 Å². The van der Waals surface area contributed by atoms with Crippen LogP contribution in [0.4, 0.5) is 0 Å². The zero-order chi connectivity index (χ0) is 9.72. The Bertz CT molecular complexity index is 217. The summed E-state index contributed by atoms with van der Waals surface area (Å²) in [6.07, 6.45) is 1.42. The van der Waals surface area contributed by atoms with E-state index in [9.17, 15) is 9.59 Å². The van der Waals surface area contributed by atoms with Crippen LogP contribution in [-0.2, 0) is 9.59 Å². The number of carbonyl (C=O) groups is 2. The van der Waals surface area contributed by atoms with Gasteiger partial charge in [-0.3, -0.25) is 9.59 Å². The summed E-state index contributed by atoms with van der Waals surface area (Å²) < 4.78 is 0. The molecule has 0 rings (SSSR count). The van der Waals surface area contributed by atoms with Crippen LogP contribution in [0.1, 0.15) is 20.8 Å². The predicted molar refractivity (Wildman–Crippen MR) is 46.2 cm³/mol. The van der Waals surface area contributed by atoms with Crippen molar-refractivity contribution in [3.8, 4) is 0 Å². The van der Waals surface area contributed by atoms with Gasteiger partial charge in [0.05, 0.1) is 0 Å². The van der Waals surface area contributed by atoms with Gasteiger partial charge in [0.1, 0.15) is 6.04 Å². The molecule has 0 saturated carbocycles. The summed E-state index contributed by atoms with van der Waals surface area (Å²) in [6.45, 7) is 5.14. The molecule has 0 aliphatic carbocycles. The topological polar surface area (TPSA) is 72.2 Å². The zero-order valence-electron chi connectivity index (χ0n) is 7.55. The van der Waals surface area contributed by atoms with Crippen molar-refractivity contribution in [2.75, 3.05) is 0 Å². The fourth-order valence-corrected chi connectivity index (χ4v) is 0.588. The van der Waals surface area contributed by atoms with E-state index in [4.69, 9.17) is 5.73 Å². The third-order valence-corrected chi connectivity index (χ3v) is 1.21. The van der Waals surface area contributed by atoms with Gasteiger partial charge in [0, 0.05) is 6.08 Å². The highest BCUT2D eigenvalue weighted by Gasteiger charge is 2.09. The van der Waals surface area contributed by atoms with Gasteiger partial charge in [-0.2, -0.15) is 0 Å². The minimum Gasteiger partial charge on any atom is -0.368 e. The molecule has 68 valence electrons. The maximum absolute atomic E-state index is 11.0. The number of primary amides is 1. The monoisotopic (exact) mass is 170 g/mol. The van der Waals surface area contributed by atoms with E-state index in [-0.39, 0.29) is 5.91 Å². The van der Waals surface area contributed by atoms with Crippen molar-refractivity contribution in [3.05, 3.63) is 11.6 Å². The Balaban J connectivity index is 4.02. The van der Waals surface area contributed by atoms with Crippen LogP contribution in [0.15, 0.2) is 11.6 Å². The number of carbonyl (C=O) groups excluding carboxylic acids is 2. The molecule has 0 saturated heterocycles. The summed E-state index contributed by atoms with van der Waals surface area (Å²) in [4.78, 5) is 21.5. The van der Waals surface area contributed by atoms with E-state index in [1.165, 1.54) is 6.08 Å². The summed E-state index contributed by atoms with van der Waals surface area (Å²) in [6, 6.07) is -0.618. The predicted octanol–water partition coefficient (Wildman–Crippen LogP) is -0.0574. The molecule has 0 aromatic carbocycles. The first-order chi connectivity index (χ1) is 5.43. The summed E-state index contributed by atoms with van der Waals surface area (Å²) in [5, 5.41) is 2.42. The Morgan fingerprint density at radius 3 is 2.25 bits per heavy atom. The lowest BCUT2D eigenvalue weighted by molar-refractivity contribution is -0.124. The second-order valence-electron chi connectivity index (χ2n) is 2.85. The van der Waals surface area contributed by atoms with Crippen LogP contribution in [-0.4, -0.2) is 17.9 Å². The minimum atomic E-state index is -0.618. The summed E-state index contributed by atoms with van der Waals surface area (Å²) in [5.41, 5.74) is 5.82. The molecule has 0 heterocycles. The molecule has 0 fully saturated rings. The molecule has 4 heteroatoms. The number of rotatable bonds is 3. The average Bonchev–Trinajstić information content (AvgIpc) is 1.84. The highest BCUT2D eigenvalue weighted by molar-refractivity contribution is 5.92. The summed E-state index contributed by atoms with van der Waals surface area (Å²) in [5.74, 6) is -0.827. The maximum atomic E-state index is 11.0. The van der Waals surface area contributed by atoms with Crippen molar-refractivity contribution < 1.29 is 9.59 Å². The van der Waals surface area contributed by atoms with E-state index in [1.54, 1.807) is 20.8 Å². The molecule has 0 aromatic heterocycles. The number of nitrogens with one attached hydrogen (secondary N) is 1. The fraction of sp³-hybridized carbons (Fsp3) is 0.500. The average molecular weight is 170 g/mol. The number of amides is 2. The smallest absolute Gasteiger partial charge is 0.244 e. The van der Waals surface area contributed by atoms with E-state index in [2.05, 4.69) is 5.32 Å². The molecule has 0 radical (unpaired) electrons. The van der Waals surface area contributed by atoms with Crippen molar-refractivity contribution in [1.29, 1.82) is 0 Å². The van der Waals surface area contributed by atoms with Gasteiger partial charge >= 0.3 is 0 Å². The number of hydrogen-bond donors (Lipinski definition) is 2. The maximum Gasteiger partial charge on any atom is 0.244 e. The Hall–Kier alpha value is -1.32. The highest BCUT2D eigenvalue weighted by Crippen LogP contribution is 1.88. The quantitative estimate of drug-likeness (QED) is 0.582. The molecule has 1 atom stereocenters. The largest absolute Gasteiger partial charge is 0.368 e. The highest BCUT2D eigenvalue weighted by atomic mass is 16.2. The number of hydrogen-bond acceptors (Lipinski definition) is 2. The van der Waals surface area contributed by atoms with Gasteiger partial charge in [-0.1, -0.05) is 5.57 Å². The zero-order valence-corrected chi connectivity index (χ0v) is 7.55. The van der Waals surface area contributed by atoms with Crippen molar-refractivity contribution in [1.82, 2.24) is 5.32 Å². The van der Waals surface area contributed by atoms with Gasteiger partial charge in [-0.15, -0.1) is 0 Å². The molecule has 2 amide bonds. The van der Waals surface area contributed by atoms with E-state index in [1.807, 2.05) is 0 Å². The lowest BCUT2D eigenvalue weighted by atomic mass is 10.3. The van der Waals surface area contributed by atoms with Gasteiger partial charge < -0.3 is 11.1 Å². The summed E-state index contributed by atoms with van der Waals surface area (Å²) >= 11 is 0. The molecule has 1 unspecified atom stereocenters. The Labute approximate surface area is 71.8 Å². The van der Waals surface area contributed by atoms with Crippen LogP contribution < -0.4 is 11.1 Å². The van der Waals surface area contributed by atoms with Crippen molar-refractivity contribution in [2.24, 2.45) is 5.73 Å². The molecule has 0 bridgehead atoms. The van der Waals surface area contributed by atoms with Gasteiger partial charge in [0.15, 0.2) is 0 Å². The molecule has 3 N–H and O–H groups in total. The Morgan fingerprint density at radius 1 is 1.42 bits per heavy atom. The number of allylic oxidation sites excluding steroid dienone is 1. The van der Waals surface area contributed by atoms with Crippen LogP contribution in [0.2, 0.25) is 0 Å². The first-order valence-corrected chi connectivity index (χ1v) is 3.68. The van der Waals surface area contributed by atoms with Gasteiger partial charge in [-0.05, 0) is 20.8 Å². The second-order valence-corrected chi connectivity index (χ2v) is 2.85.